The summed E-state index contributed by atoms with van der Waals surface area (Å²) in [6.45, 7) is 3.42. The van der Waals surface area contributed by atoms with E-state index < -0.39 is 0 Å². The molecule has 0 amide bonds. The predicted molar refractivity (Wildman–Crippen MR) is 52.6 cm³/mol. The fraction of sp³-hybridized carbons (Fsp3) is 0.900. The number of ether oxygens (including phenoxy) is 1. The molecule has 2 nitrogen and oxygen atoms in total. The fourth-order valence-electron chi connectivity index (χ4n) is 1.79. The van der Waals surface area contributed by atoms with E-state index in [0.717, 1.165) is 25.9 Å². The van der Waals surface area contributed by atoms with Crippen LogP contribution in [0.4, 0.5) is 0 Å². The molecule has 1 aliphatic rings. The van der Waals surface area contributed by atoms with Gasteiger partial charge < -0.3 is 4.74 Å². The van der Waals surface area contributed by atoms with E-state index in [0.29, 0.717) is 12.5 Å². The number of hydrogen-bond donors (Lipinski definition) is 0. The topological polar surface area (TPSA) is 33.0 Å². The average Bonchev–Trinajstić information content (AvgIpc) is 2.17. The second kappa shape index (κ2) is 5.47. The number of rotatable bonds is 3. The Hall–Kier alpha value is -0.260. The zero-order valence-corrected chi connectivity index (χ0v) is 8.76. The summed E-state index contributed by atoms with van der Waals surface area (Å²) in [5.41, 5.74) is 0. The lowest BCUT2D eigenvalue weighted by atomic mass is 9.82. The summed E-state index contributed by atoms with van der Waals surface area (Å²) in [6, 6.07) is 2.32. The molecule has 0 bridgehead atoms. The van der Waals surface area contributed by atoms with Crippen LogP contribution in [0.2, 0.25) is 0 Å². The Morgan fingerprint density at radius 1 is 1.54 bits per heavy atom. The van der Waals surface area contributed by atoms with E-state index in [1.54, 1.807) is 0 Å². The molecule has 1 fully saturated rings. The van der Waals surface area contributed by atoms with Crippen molar-refractivity contribution >= 4 is 11.6 Å². The van der Waals surface area contributed by atoms with Crippen molar-refractivity contribution in [3.05, 3.63) is 0 Å². The minimum Gasteiger partial charge on any atom is -0.381 e. The first-order valence-electron chi connectivity index (χ1n) is 4.89. The second-order valence-electron chi connectivity index (χ2n) is 3.57. The maximum atomic E-state index is 8.79. The zero-order valence-electron chi connectivity index (χ0n) is 8.00. The molecule has 0 radical (unpaired) electrons. The number of alkyl halides is 1. The van der Waals surface area contributed by atoms with Crippen LogP contribution in [0, 0.1) is 23.2 Å². The molecule has 0 aliphatic heterocycles. The van der Waals surface area contributed by atoms with Crippen molar-refractivity contribution in [1.82, 2.24) is 0 Å². The standard InChI is InChI=1S/C10H16ClNO/c1-2-13-7-9-5-8(6-12)3-4-10(9)11/h8-10H,2-5,7H2,1H3. The highest BCUT2D eigenvalue weighted by Crippen LogP contribution is 2.32. The largest absolute Gasteiger partial charge is 0.381 e. The van der Waals surface area contributed by atoms with Crippen LogP contribution in [0.1, 0.15) is 26.2 Å². The van der Waals surface area contributed by atoms with Crippen LogP contribution < -0.4 is 0 Å². The quantitative estimate of drug-likeness (QED) is 0.658. The Labute approximate surface area is 84.8 Å². The number of nitriles is 1. The van der Waals surface area contributed by atoms with Crippen molar-refractivity contribution in [3.8, 4) is 6.07 Å². The highest BCUT2D eigenvalue weighted by atomic mass is 35.5. The minimum absolute atomic E-state index is 0.195. The van der Waals surface area contributed by atoms with Gasteiger partial charge in [0, 0.05) is 17.9 Å². The SMILES string of the molecule is CCOCC1CC(C#N)CCC1Cl. The van der Waals surface area contributed by atoms with Gasteiger partial charge in [-0.3, -0.25) is 0 Å². The van der Waals surface area contributed by atoms with E-state index in [1.165, 1.54) is 0 Å². The number of nitrogens with zero attached hydrogens (tertiary/aromatic N) is 1. The molecular weight excluding hydrogens is 186 g/mol. The van der Waals surface area contributed by atoms with Crippen LogP contribution in [0.25, 0.3) is 0 Å². The monoisotopic (exact) mass is 201 g/mol. The van der Waals surface area contributed by atoms with Gasteiger partial charge in [0.15, 0.2) is 0 Å². The zero-order chi connectivity index (χ0) is 9.68. The normalized spacial score (nSPS) is 34.1. The molecule has 3 atom stereocenters. The van der Waals surface area contributed by atoms with Crippen molar-refractivity contribution in [2.45, 2.75) is 31.6 Å². The maximum absolute atomic E-state index is 8.79. The third-order valence-electron chi connectivity index (χ3n) is 2.61. The molecule has 1 aliphatic carbocycles. The molecule has 1 saturated carbocycles. The van der Waals surface area contributed by atoms with Crippen LogP contribution in [0.3, 0.4) is 0 Å². The van der Waals surface area contributed by atoms with Crippen LogP contribution in [-0.2, 0) is 4.74 Å². The van der Waals surface area contributed by atoms with E-state index in [-0.39, 0.29) is 11.3 Å². The van der Waals surface area contributed by atoms with Crippen LogP contribution in [0.5, 0.6) is 0 Å². The van der Waals surface area contributed by atoms with Gasteiger partial charge >= 0.3 is 0 Å². The molecular formula is C10H16ClNO. The molecule has 0 heterocycles. The van der Waals surface area contributed by atoms with Crippen molar-refractivity contribution in [2.75, 3.05) is 13.2 Å². The molecule has 3 unspecified atom stereocenters. The van der Waals surface area contributed by atoms with Gasteiger partial charge in [0.1, 0.15) is 0 Å². The Morgan fingerprint density at radius 2 is 2.31 bits per heavy atom. The predicted octanol–water partition coefficient (Wildman–Crippen LogP) is 2.57. The molecule has 3 heteroatoms. The van der Waals surface area contributed by atoms with Gasteiger partial charge in [-0.2, -0.15) is 5.26 Å². The Kier molecular flexibility index (Phi) is 4.55. The van der Waals surface area contributed by atoms with E-state index in [4.69, 9.17) is 21.6 Å². The summed E-state index contributed by atoms with van der Waals surface area (Å²) in [4.78, 5) is 0. The molecule has 0 aromatic rings. The molecule has 0 spiro atoms. The van der Waals surface area contributed by atoms with E-state index >= 15 is 0 Å². The summed E-state index contributed by atoms with van der Waals surface area (Å²) < 4.78 is 5.34. The molecule has 1 rings (SSSR count). The third kappa shape index (κ3) is 3.17. The highest BCUT2D eigenvalue weighted by molar-refractivity contribution is 6.20. The maximum Gasteiger partial charge on any atom is 0.0655 e. The van der Waals surface area contributed by atoms with Gasteiger partial charge in [0.05, 0.1) is 12.7 Å². The molecule has 0 aromatic heterocycles. The Morgan fingerprint density at radius 3 is 2.92 bits per heavy atom. The van der Waals surface area contributed by atoms with E-state index in [9.17, 15) is 0 Å². The van der Waals surface area contributed by atoms with E-state index in [2.05, 4.69) is 6.07 Å². The summed E-state index contributed by atoms with van der Waals surface area (Å²) in [7, 11) is 0. The summed E-state index contributed by atoms with van der Waals surface area (Å²) in [6.07, 6.45) is 2.81. The smallest absolute Gasteiger partial charge is 0.0655 e. The molecule has 0 saturated heterocycles. The van der Waals surface area contributed by atoms with Gasteiger partial charge in [0.2, 0.25) is 0 Å². The first-order chi connectivity index (χ1) is 6.27. The summed E-state index contributed by atoms with van der Waals surface area (Å²) in [5.74, 6) is 0.570. The van der Waals surface area contributed by atoms with Crippen LogP contribution >= 0.6 is 11.6 Å². The van der Waals surface area contributed by atoms with Crippen LogP contribution in [-0.4, -0.2) is 18.6 Å². The van der Waals surface area contributed by atoms with Gasteiger partial charge in [-0.05, 0) is 32.1 Å². The second-order valence-corrected chi connectivity index (χ2v) is 4.14. The van der Waals surface area contributed by atoms with Crippen molar-refractivity contribution in [3.63, 3.8) is 0 Å². The van der Waals surface area contributed by atoms with Crippen molar-refractivity contribution in [1.29, 1.82) is 5.26 Å². The van der Waals surface area contributed by atoms with Crippen LogP contribution in [0.15, 0.2) is 0 Å². The lowest BCUT2D eigenvalue weighted by Gasteiger charge is -2.29. The fourth-order valence-corrected chi connectivity index (χ4v) is 2.09. The van der Waals surface area contributed by atoms with E-state index in [1.807, 2.05) is 6.92 Å². The molecule has 0 N–H and O–H groups in total. The first-order valence-corrected chi connectivity index (χ1v) is 5.33. The van der Waals surface area contributed by atoms with Gasteiger partial charge in [-0.25, -0.2) is 0 Å². The molecule has 13 heavy (non-hydrogen) atoms. The summed E-state index contributed by atoms with van der Waals surface area (Å²) >= 11 is 6.15. The Bertz CT molecular complexity index is 190. The number of halogens is 1. The van der Waals surface area contributed by atoms with Crippen molar-refractivity contribution < 1.29 is 4.74 Å². The van der Waals surface area contributed by atoms with Crippen molar-refractivity contribution in [2.24, 2.45) is 11.8 Å². The molecule has 74 valence electrons. The van der Waals surface area contributed by atoms with Gasteiger partial charge in [0.25, 0.3) is 0 Å². The summed E-state index contributed by atoms with van der Waals surface area (Å²) in [5, 5.41) is 8.99. The van der Waals surface area contributed by atoms with Gasteiger partial charge in [-0.1, -0.05) is 0 Å². The lowest BCUT2D eigenvalue weighted by molar-refractivity contribution is 0.0906. The lowest BCUT2D eigenvalue weighted by Crippen LogP contribution is -2.28. The minimum atomic E-state index is 0.195. The van der Waals surface area contributed by atoms with Gasteiger partial charge in [-0.15, -0.1) is 11.6 Å². The third-order valence-corrected chi connectivity index (χ3v) is 3.18. The highest BCUT2D eigenvalue weighted by Gasteiger charge is 2.28. The first kappa shape index (κ1) is 10.8. The average molecular weight is 202 g/mol. The number of hydrogen-bond acceptors (Lipinski definition) is 2. The molecule has 0 aromatic carbocycles. The Balaban J connectivity index is 2.36.